The van der Waals surface area contributed by atoms with Crippen molar-refractivity contribution in [1.82, 2.24) is 9.97 Å². The van der Waals surface area contributed by atoms with E-state index < -0.39 is 17.7 Å². The van der Waals surface area contributed by atoms with E-state index in [1.54, 1.807) is 6.20 Å². The molecule has 0 bridgehead atoms. The maximum absolute atomic E-state index is 12.0. The average molecular weight is 407 g/mol. The van der Waals surface area contributed by atoms with Crippen molar-refractivity contribution in [2.45, 2.75) is 19.6 Å². The average Bonchev–Trinajstić information content (AvgIpc) is 3.18. The molecule has 0 radical (unpaired) electrons. The number of anilines is 1. The zero-order chi connectivity index (χ0) is 20.4. The van der Waals surface area contributed by atoms with E-state index in [0.717, 1.165) is 22.0 Å². The Balaban J connectivity index is 1.54. The summed E-state index contributed by atoms with van der Waals surface area (Å²) in [6.45, 7) is 3.01. The van der Waals surface area contributed by atoms with E-state index >= 15 is 0 Å². The summed E-state index contributed by atoms with van der Waals surface area (Å²) in [5.74, 6) is -2.72. The number of hydrogen-bond acceptors (Lipinski definition) is 8. The topological polar surface area (TPSA) is 90.4 Å². The van der Waals surface area contributed by atoms with Gasteiger partial charge in [0.25, 0.3) is 5.79 Å². The summed E-state index contributed by atoms with van der Waals surface area (Å²) in [7, 11) is 0. The number of esters is 2. The first-order valence-electron chi connectivity index (χ1n) is 8.82. The summed E-state index contributed by atoms with van der Waals surface area (Å²) in [5.41, 5.74) is 3.01. The molecular weight excluding hydrogens is 390 g/mol. The molecule has 2 aromatic heterocycles. The van der Waals surface area contributed by atoms with Gasteiger partial charge >= 0.3 is 11.9 Å². The highest BCUT2D eigenvalue weighted by Crippen LogP contribution is 2.29. The van der Waals surface area contributed by atoms with E-state index in [4.69, 9.17) is 9.47 Å². The Bertz CT molecular complexity index is 1080. The van der Waals surface area contributed by atoms with Crippen molar-refractivity contribution in [1.29, 1.82) is 0 Å². The summed E-state index contributed by atoms with van der Waals surface area (Å²) in [4.78, 5) is 33.0. The third-order valence-electron chi connectivity index (χ3n) is 4.04. The van der Waals surface area contributed by atoms with Crippen LogP contribution in [0.2, 0.25) is 0 Å². The molecule has 8 heteroatoms. The van der Waals surface area contributed by atoms with Gasteiger partial charge in [-0.25, -0.2) is 14.6 Å². The Labute approximate surface area is 171 Å². The summed E-state index contributed by atoms with van der Waals surface area (Å²) in [6.07, 6.45) is 3.02. The predicted molar refractivity (Wildman–Crippen MR) is 109 cm³/mol. The molecule has 0 aliphatic carbocycles. The van der Waals surface area contributed by atoms with Crippen LogP contribution in [0.1, 0.15) is 13.8 Å². The molecule has 0 saturated carbocycles. The third-order valence-corrected chi connectivity index (χ3v) is 4.93. The van der Waals surface area contributed by atoms with E-state index in [0.29, 0.717) is 5.69 Å². The molecule has 3 aromatic rings. The number of pyridine rings is 1. The minimum Gasteiger partial charge on any atom is -0.419 e. The number of benzene rings is 1. The van der Waals surface area contributed by atoms with Gasteiger partial charge in [-0.1, -0.05) is 18.2 Å². The van der Waals surface area contributed by atoms with Crippen molar-refractivity contribution < 1.29 is 19.1 Å². The number of carbonyl (C=O) groups excluding carboxylic acids is 2. The van der Waals surface area contributed by atoms with Crippen LogP contribution in [0.4, 0.5) is 5.69 Å². The largest absolute Gasteiger partial charge is 0.419 e. The normalized spacial score (nSPS) is 15.4. The number of hydrogen-bond donors (Lipinski definition) is 1. The molecule has 146 valence electrons. The van der Waals surface area contributed by atoms with Crippen molar-refractivity contribution in [3.05, 3.63) is 65.8 Å². The summed E-state index contributed by atoms with van der Waals surface area (Å²) in [5, 5.41) is 5.74. The molecule has 1 saturated heterocycles. The fourth-order valence-electron chi connectivity index (χ4n) is 2.71. The summed E-state index contributed by atoms with van der Waals surface area (Å²) >= 11 is 1.51. The van der Waals surface area contributed by atoms with Crippen LogP contribution < -0.4 is 5.32 Å². The molecule has 3 heterocycles. The van der Waals surface area contributed by atoms with Crippen LogP contribution in [0.5, 0.6) is 0 Å². The Hall–Kier alpha value is -3.52. The Morgan fingerprint density at radius 1 is 1.03 bits per heavy atom. The predicted octanol–water partition coefficient (Wildman–Crippen LogP) is 4.00. The third kappa shape index (κ3) is 4.17. The minimum atomic E-state index is -1.26. The van der Waals surface area contributed by atoms with Crippen LogP contribution in [-0.4, -0.2) is 27.7 Å². The number of rotatable bonds is 4. The first-order chi connectivity index (χ1) is 13.9. The van der Waals surface area contributed by atoms with E-state index in [1.165, 1.54) is 31.4 Å². The van der Waals surface area contributed by atoms with Gasteiger partial charge in [0.2, 0.25) is 0 Å². The number of thiazole rings is 1. The van der Waals surface area contributed by atoms with Crippen molar-refractivity contribution >= 4 is 29.0 Å². The van der Waals surface area contributed by atoms with Crippen LogP contribution in [0.15, 0.2) is 65.8 Å². The van der Waals surface area contributed by atoms with Crippen molar-refractivity contribution in [2.24, 2.45) is 0 Å². The van der Waals surface area contributed by atoms with Gasteiger partial charge in [0.05, 0.1) is 5.69 Å². The van der Waals surface area contributed by atoms with Crippen LogP contribution >= 0.6 is 11.3 Å². The zero-order valence-corrected chi connectivity index (χ0v) is 16.5. The van der Waals surface area contributed by atoms with Gasteiger partial charge in [0.1, 0.15) is 10.7 Å². The molecule has 0 unspecified atom stereocenters. The van der Waals surface area contributed by atoms with Gasteiger partial charge in [0, 0.05) is 42.9 Å². The highest BCUT2D eigenvalue weighted by molar-refractivity contribution is 7.13. The molecule has 1 aromatic carbocycles. The molecule has 0 amide bonds. The number of ether oxygens (including phenoxy) is 2. The number of nitrogens with one attached hydrogen (secondary N) is 1. The fourth-order valence-corrected chi connectivity index (χ4v) is 3.53. The van der Waals surface area contributed by atoms with Gasteiger partial charge in [-0.3, -0.25) is 4.98 Å². The zero-order valence-electron chi connectivity index (χ0n) is 15.7. The summed E-state index contributed by atoms with van der Waals surface area (Å²) in [6, 6.07) is 13.2. The molecule has 7 nitrogen and oxygen atoms in total. The highest BCUT2D eigenvalue weighted by Gasteiger charge is 2.38. The SMILES string of the molecule is CC1(C)OC(=O)C(=CNc2cccc(-c3nc(-c4ccccn4)cs3)c2)C(=O)O1. The Kier molecular flexibility index (Phi) is 4.85. The standard InChI is InChI=1S/C21H17N3O4S/c1-21(2)27-19(25)15(20(26)28-21)11-23-14-7-5-6-13(10-14)18-24-17(12-29-18)16-8-3-4-9-22-16/h3-12,23H,1-2H3. The molecule has 1 aliphatic heterocycles. The maximum atomic E-state index is 12.0. The second-order valence-electron chi connectivity index (χ2n) is 6.71. The highest BCUT2D eigenvalue weighted by atomic mass is 32.1. The van der Waals surface area contributed by atoms with Gasteiger partial charge < -0.3 is 14.8 Å². The number of aromatic nitrogens is 2. The van der Waals surface area contributed by atoms with Gasteiger partial charge in [-0.05, 0) is 24.3 Å². The lowest BCUT2D eigenvalue weighted by Gasteiger charge is -2.29. The Morgan fingerprint density at radius 3 is 2.55 bits per heavy atom. The molecule has 1 fully saturated rings. The van der Waals surface area contributed by atoms with Crippen LogP contribution in [-0.2, 0) is 19.1 Å². The fraction of sp³-hybridized carbons (Fsp3) is 0.143. The molecule has 0 spiro atoms. The molecule has 0 atom stereocenters. The van der Waals surface area contributed by atoms with Crippen molar-refractivity contribution in [3.8, 4) is 22.0 Å². The lowest BCUT2D eigenvalue weighted by atomic mass is 10.2. The number of nitrogens with zero attached hydrogens (tertiary/aromatic N) is 2. The first-order valence-corrected chi connectivity index (χ1v) is 9.70. The monoisotopic (exact) mass is 407 g/mol. The van der Waals surface area contributed by atoms with Gasteiger partial charge in [-0.2, -0.15) is 0 Å². The minimum absolute atomic E-state index is 0.193. The summed E-state index contributed by atoms with van der Waals surface area (Å²) < 4.78 is 10.2. The lowest BCUT2D eigenvalue weighted by molar-refractivity contribution is -0.222. The molecule has 1 aliphatic rings. The number of carbonyl (C=O) groups is 2. The maximum Gasteiger partial charge on any atom is 0.350 e. The second-order valence-corrected chi connectivity index (χ2v) is 7.57. The molecule has 1 N–H and O–H groups in total. The second kappa shape index (κ2) is 7.48. The lowest BCUT2D eigenvalue weighted by Crippen LogP contribution is -2.42. The van der Waals surface area contributed by atoms with E-state index in [9.17, 15) is 9.59 Å². The van der Waals surface area contributed by atoms with Gasteiger partial charge in [0.15, 0.2) is 5.57 Å². The molecule has 4 rings (SSSR count). The van der Waals surface area contributed by atoms with Crippen molar-refractivity contribution in [3.63, 3.8) is 0 Å². The van der Waals surface area contributed by atoms with Crippen LogP contribution in [0, 0.1) is 0 Å². The van der Waals surface area contributed by atoms with Gasteiger partial charge in [-0.15, -0.1) is 11.3 Å². The van der Waals surface area contributed by atoms with Crippen molar-refractivity contribution in [2.75, 3.05) is 5.32 Å². The smallest absolute Gasteiger partial charge is 0.350 e. The van der Waals surface area contributed by atoms with Crippen LogP contribution in [0.3, 0.4) is 0 Å². The van der Waals surface area contributed by atoms with E-state index in [1.807, 2.05) is 47.8 Å². The molecular formula is C21H17N3O4S. The Morgan fingerprint density at radius 2 is 1.83 bits per heavy atom. The van der Waals surface area contributed by atoms with E-state index in [2.05, 4.69) is 15.3 Å². The molecule has 29 heavy (non-hydrogen) atoms. The van der Waals surface area contributed by atoms with Crippen LogP contribution in [0.25, 0.3) is 22.0 Å². The van der Waals surface area contributed by atoms with E-state index in [-0.39, 0.29) is 5.57 Å². The number of cyclic esters (lactones) is 2. The quantitative estimate of drug-likeness (QED) is 0.397. The first kappa shape index (κ1) is 18.8.